The maximum absolute atomic E-state index is 13.5. The lowest BCUT2D eigenvalue weighted by atomic mass is 9.85. The van der Waals surface area contributed by atoms with Gasteiger partial charge in [-0.25, -0.2) is 9.78 Å². The number of rotatable bonds is 7. The zero-order valence-corrected chi connectivity index (χ0v) is 24.4. The largest absolute Gasteiger partial charge is 0.444 e. The van der Waals surface area contributed by atoms with Crippen LogP contribution in [0, 0.1) is 5.92 Å². The fraction of sp³-hybridized carbons (Fsp3) is 0.500. The second-order valence-electron chi connectivity index (χ2n) is 12.6. The molecular formula is C32H40N6O3. The topological polar surface area (TPSA) is 85.0 Å². The Labute approximate surface area is 240 Å². The van der Waals surface area contributed by atoms with Crippen molar-refractivity contribution in [2.45, 2.75) is 78.0 Å². The van der Waals surface area contributed by atoms with E-state index in [0.29, 0.717) is 30.9 Å². The molecule has 216 valence electrons. The summed E-state index contributed by atoms with van der Waals surface area (Å²) in [6, 6.07) is 6.01. The fourth-order valence-corrected chi connectivity index (χ4v) is 5.88. The Kier molecular flexibility index (Phi) is 7.45. The van der Waals surface area contributed by atoms with Crippen LogP contribution in [0.4, 0.5) is 10.5 Å². The number of piperidine rings is 1. The highest BCUT2D eigenvalue weighted by Gasteiger charge is 2.27. The maximum atomic E-state index is 13.5. The van der Waals surface area contributed by atoms with Crippen molar-refractivity contribution in [1.29, 1.82) is 0 Å². The van der Waals surface area contributed by atoms with E-state index in [0.717, 1.165) is 53.9 Å². The van der Waals surface area contributed by atoms with Gasteiger partial charge in [0.05, 0.1) is 36.1 Å². The van der Waals surface area contributed by atoms with Crippen LogP contribution < -0.4 is 10.5 Å². The molecule has 0 aromatic carbocycles. The van der Waals surface area contributed by atoms with Gasteiger partial charge < -0.3 is 23.5 Å². The summed E-state index contributed by atoms with van der Waals surface area (Å²) in [7, 11) is 0. The molecule has 4 aromatic heterocycles. The molecule has 1 saturated heterocycles. The summed E-state index contributed by atoms with van der Waals surface area (Å²) < 4.78 is 9.39. The van der Waals surface area contributed by atoms with Crippen molar-refractivity contribution in [2.24, 2.45) is 5.92 Å². The Morgan fingerprint density at radius 1 is 1.02 bits per heavy atom. The molecule has 5 heterocycles. The van der Waals surface area contributed by atoms with Gasteiger partial charge in [-0.1, -0.05) is 12.5 Å². The highest BCUT2D eigenvalue weighted by atomic mass is 16.6. The number of hydrogen-bond donors (Lipinski definition) is 0. The molecule has 2 fully saturated rings. The van der Waals surface area contributed by atoms with Crippen LogP contribution in [-0.4, -0.2) is 55.2 Å². The molecule has 4 aromatic rings. The standard InChI is InChI=1S/C32H40N6O3/c1-32(2,3)41-31(40)38(18-23-8-7-9-23)20-24-10-11-29-34-25(22-37(29)19-24)21-36-15-12-26-27(30(36)39)16-33-17-28(26)35-13-5-4-6-14-35/h10-12,15-17,19,22-23H,4-9,13-14,18,20-21H2,1-3H3. The molecule has 1 amide bonds. The lowest BCUT2D eigenvalue weighted by Gasteiger charge is -2.33. The third-order valence-corrected chi connectivity index (χ3v) is 8.20. The van der Waals surface area contributed by atoms with Gasteiger partial charge in [-0.15, -0.1) is 0 Å². The van der Waals surface area contributed by atoms with Gasteiger partial charge in [-0.05, 0) is 76.5 Å². The number of carbonyl (C=O) groups excluding carboxylic acids is 1. The molecule has 0 radical (unpaired) electrons. The zero-order valence-electron chi connectivity index (χ0n) is 24.4. The van der Waals surface area contributed by atoms with Crippen molar-refractivity contribution in [3.05, 3.63) is 70.8 Å². The zero-order chi connectivity index (χ0) is 28.6. The summed E-state index contributed by atoms with van der Waals surface area (Å²) in [4.78, 5) is 39.8. The van der Waals surface area contributed by atoms with Crippen LogP contribution in [0.5, 0.6) is 0 Å². The van der Waals surface area contributed by atoms with E-state index in [4.69, 9.17) is 9.72 Å². The molecule has 1 aliphatic heterocycles. The number of carbonyl (C=O) groups is 1. The number of ether oxygens (including phenoxy) is 1. The highest BCUT2D eigenvalue weighted by molar-refractivity contribution is 5.92. The van der Waals surface area contributed by atoms with E-state index < -0.39 is 5.60 Å². The molecule has 41 heavy (non-hydrogen) atoms. The normalized spacial score (nSPS) is 16.2. The molecule has 0 bridgehead atoms. The molecule has 0 N–H and O–H groups in total. The summed E-state index contributed by atoms with van der Waals surface area (Å²) in [6.45, 7) is 9.26. The highest BCUT2D eigenvalue weighted by Crippen LogP contribution is 2.29. The van der Waals surface area contributed by atoms with Gasteiger partial charge in [0.1, 0.15) is 11.2 Å². The fourth-order valence-electron chi connectivity index (χ4n) is 5.88. The van der Waals surface area contributed by atoms with Gasteiger partial charge in [0, 0.05) is 49.8 Å². The van der Waals surface area contributed by atoms with E-state index in [1.807, 2.05) is 73.1 Å². The number of aromatic nitrogens is 4. The molecular weight excluding hydrogens is 516 g/mol. The smallest absolute Gasteiger partial charge is 0.410 e. The van der Waals surface area contributed by atoms with Gasteiger partial charge >= 0.3 is 6.09 Å². The monoisotopic (exact) mass is 556 g/mol. The lowest BCUT2D eigenvalue weighted by Crippen LogP contribution is -2.40. The van der Waals surface area contributed by atoms with Gasteiger partial charge in [0.2, 0.25) is 0 Å². The molecule has 1 saturated carbocycles. The Hall–Kier alpha value is -3.88. The first-order valence-electron chi connectivity index (χ1n) is 14.9. The molecule has 1 aliphatic carbocycles. The second-order valence-corrected chi connectivity index (χ2v) is 12.6. The quantitative estimate of drug-likeness (QED) is 0.294. The van der Waals surface area contributed by atoms with Crippen LogP contribution in [0.1, 0.15) is 70.6 Å². The molecule has 2 aliphatic rings. The minimum atomic E-state index is -0.538. The van der Waals surface area contributed by atoms with Crippen molar-refractivity contribution in [3.8, 4) is 0 Å². The molecule has 0 unspecified atom stereocenters. The average Bonchev–Trinajstić information content (AvgIpc) is 3.32. The van der Waals surface area contributed by atoms with Gasteiger partial charge in [0.15, 0.2) is 0 Å². The number of pyridine rings is 3. The van der Waals surface area contributed by atoms with Gasteiger partial charge in [-0.2, -0.15) is 0 Å². The van der Waals surface area contributed by atoms with E-state index in [9.17, 15) is 9.59 Å². The number of anilines is 1. The summed E-state index contributed by atoms with van der Waals surface area (Å²) in [5.74, 6) is 0.539. The van der Waals surface area contributed by atoms with Crippen molar-refractivity contribution >= 4 is 28.2 Å². The van der Waals surface area contributed by atoms with Crippen molar-refractivity contribution in [1.82, 2.24) is 23.8 Å². The number of imidazole rings is 1. The summed E-state index contributed by atoms with van der Waals surface area (Å²) in [5, 5.41) is 1.59. The van der Waals surface area contributed by atoms with Gasteiger partial charge in [-0.3, -0.25) is 9.78 Å². The van der Waals surface area contributed by atoms with E-state index in [-0.39, 0.29) is 11.7 Å². The summed E-state index contributed by atoms with van der Waals surface area (Å²) in [6.07, 6.45) is 16.3. The van der Waals surface area contributed by atoms with E-state index in [2.05, 4.69) is 9.88 Å². The molecule has 6 rings (SSSR count). The molecule has 9 heteroatoms. The number of amides is 1. The number of fused-ring (bicyclic) bond motifs is 2. The van der Waals surface area contributed by atoms with Crippen LogP contribution in [0.25, 0.3) is 16.4 Å². The number of hydrogen-bond acceptors (Lipinski definition) is 6. The SMILES string of the molecule is CC(C)(C)OC(=O)N(Cc1ccc2nc(Cn3ccc4c(N5CCCCC5)cncc4c3=O)cn2c1)CC1CCC1. The molecule has 9 nitrogen and oxygen atoms in total. The summed E-state index contributed by atoms with van der Waals surface area (Å²) >= 11 is 0. The van der Waals surface area contributed by atoms with Crippen LogP contribution >= 0.6 is 0 Å². The second kappa shape index (κ2) is 11.2. The van der Waals surface area contributed by atoms with Crippen molar-refractivity contribution in [3.63, 3.8) is 0 Å². The van der Waals surface area contributed by atoms with E-state index in [1.54, 1.807) is 10.8 Å². The van der Waals surface area contributed by atoms with Crippen LogP contribution in [0.15, 0.2) is 54.0 Å². The minimum absolute atomic E-state index is 0.0596. The Morgan fingerprint density at radius 3 is 2.56 bits per heavy atom. The summed E-state index contributed by atoms with van der Waals surface area (Å²) in [5.41, 5.74) is 3.05. The Morgan fingerprint density at radius 2 is 1.83 bits per heavy atom. The van der Waals surface area contributed by atoms with Crippen molar-refractivity contribution < 1.29 is 9.53 Å². The maximum Gasteiger partial charge on any atom is 0.410 e. The van der Waals surface area contributed by atoms with Crippen LogP contribution in [0.2, 0.25) is 0 Å². The first-order valence-corrected chi connectivity index (χ1v) is 14.9. The predicted molar refractivity (Wildman–Crippen MR) is 160 cm³/mol. The first-order chi connectivity index (χ1) is 19.7. The first kappa shape index (κ1) is 27.3. The lowest BCUT2D eigenvalue weighted by molar-refractivity contribution is 0.0173. The Bertz CT molecular complexity index is 1610. The van der Waals surface area contributed by atoms with Crippen molar-refractivity contribution in [2.75, 3.05) is 24.5 Å². The average molecular weight is 557 g/mol. The Balaban J connectivity index is 1.22. The molecule has 0 spiro atoms. The van der Waals surface area contributed by atoms with E-state index in [1.165, 1.54) is 25.7 Å². The van der Waals surface area contributed by atoms with Crippen LogP contribution in [-0.2, 0) is 17.8 Å². The number of nitrogens with zero attached hydrogens (tertiary/aromatic N) is 6. The van der Waals surface area contributed by atoms with Crippen LogP contribution in [0.3, 0.4) is 0 Å². The third kappa shape index (κ3) is 6.09. The van der Waals surface area contributed by atoms with Gasteiger partial charge in [0.25, 0.3) is 5.56 Å². The molecule has 0 atom stereocenters. The predicted octanol–water partition coefficient (Wildman–Crippen LogP) is 5.62. The minimum Gasteiger partial charge on any atom is -0.444 e. The third-order valence-electron chi connectivity index (χ3n) is 8.20. The van der Waals surface area contributed by atoms with E-state index >= 15 is 0 Å².